The van der Waals surface area contributed by atoms with Crippen LogP contribution in [0.1, 0.15) is 34.3 Å². The second-order valence-electron chi connectivity index (χ2n) is 5.93. The van der Waals surface area contributed by atoms with Crippen LogP contribution in [0.15, 0.2) is 53.0 Å². The molecule has 0 unspecified atom stereocenters. The van der Waals surface area contributed by atoms with Gasteiger partial charge in [-0.15, -0.1) is 0 Å². The van der Waals surface area contributed by atoms with Gasteiger partial charge in [0.05, 0.1) is 6.61 Å². The van der Waals surface area contributed by atoms with E-state index in [1.54, 1.807) is 7.11 Å². The Balaban J connectivity index is 1.80. The van der Waals surface area contributed by atoms with Gasteiger partial charge in [-0.05, 0) is 48.2 Å². The van der Waals surface area contributed by atoms with Crippen LogP contribution in [-0.4, -0.2) is 24.0 Å². The van der Waals surface area contributed by atoms with Gasteiger partial charge >= 0.3 is 0 Å². The van der Waals surface area contributed by atoms with Gasteiger partial charge < -0.3 is 9.64 Å². The molecule has 4 heteroatoms. The number of rotatable bonds is 6. The fourth-order valence-electron chi connectivity index (χ4n) is 2.71. The quantitative estimate of drug-likeness (QED) is 0.750. The SMILES string of the molecule is COCc1cccc(C(=O)N(Cc2cccc(Br)c2)C2CC2)c1. The van der Waals surface area contributed by atoms with Crippen LogP contribution in [0.5, 0.6) is 0 Å². The van der Waals surface area contributed by atoms with E-state index in [1.807, 2.05) is 41.3 Å². The van der Waals surface area contributed by atoms with Gasteiger partial charge in [-0.1, -0.05) is 40.2 Å². The van der Waals surface area contributed by atoms with E-state index in [2.05, 4.69) is 28.1 Å². The molecule has 0 bridgehead atoms. The Morgan fingerprint density at radius 3 is 2.61 bits per heavy atom. The summed E-state index contributed by atoms with van der Waals surface area (Å²) < 4.78 is 6.20. The number of benzene rings is 2. The molecule has 1 amide bonds. The predicted molar refractivity (Wildman–Crippen MR) is 94.2 cm³/mol. The summed E-state index contributed by atoms with van der Waals surface area (Å²) in [5.74, 6) is 0.102. The Morgan fingerprint density at radius 2 is 1.91 bits per heavy atom. The van der Waals surface area contributed by atoms with E-state index in [0.29, 0.717) is 19.2 Å². The van der Waals surface area contributed by atoms with Crippen molar-refractivity contribution in [1.29, 1.82) is 0 Å². The molecule has 1 aliphatic rings. The first-order valence-electron chi connectivity index (χ1n) is 7.80. The van der Waals surface area contributed by atoms with Crippen LogP contribution < -0.4 is 0 Å². The van der Waals surface area contributed by atoms with Gasteiger partial charge in [-0.25, -0.2) is 0 Å². The van der Waals surface area contributed by atoms with E-state index in [9.17, 15) is 4.79 Å². The standard InChI is InChI=1S/C19H20BrNO2/c1-23-13-15-5-2-6-16(10-15)19(22)21(18-8-9-18)12-14-4-3-7-17(20)11-14/h2-7,10-11,18H,8-9,12-13H2,1H3. The smallest absolute Gasteiger partial charge is 0.254 e. The zero-order valence-electron chi connectivity index (χ0n) is 13.2. The Kier molecular flexibility index (Phi) is 5.13. The van der Waals surface area contributed by atoms with E-state index in [-0.39, 0.29) is 5.91 Å². The minimum absolute atomic E-state index is 0.102. The monoisotopic (exact) mass is 373 g/mol. The lowest BCUT2D eigenvalue weighted by Crippen LogP contribution is -2.32. The highest BCUT2D eigenvalue weighted by Gasteiger charge is 2.33. The molecule has 3 nitrogen and oxygen atoms in total. The number of halogens is 1. The molecule has 0 aliphatic heterocycles. The van der Waals surface area contributed by atoms with Crippen LogP contribution in [0.3, 0.4) is 0 Å². The van der Waals surface area contributed by atoms with Gasteiger partial charge in [0.15, 0.2) is 0 Å². The number of amides is 1. The number of carbonyl (C=O) groups is 1. The van der Waals surface area contributed by atoms with Crippen LogP contribution >= 0.6 is 15.9 Å². The molecule has 23 heavy (non-hydrogen) atoms. The predicted octanol–water partition coefficient (Wildman–Crippen LogP) is 4.40. The van der Waals surface area contributed by atoms with Crippen molar-refractivity contribution in [3.05, 3.63) is 69.7 Å². The Hall–Kier alpha value is -1.65. The normalized spacial score (nSPS) is 13.8. The van der Waals surface area contributed by atoms with Crippen LogP contribution in [0.4, 0.5) is 0 Å². The summed E-state index contributed by atoms with van der Waals surface area (Å²) in [4.78, 5) is 14.9. The molecule has 2 aromatic rings. The van der Waals surface area contributed by atoms with Crippen molar-refractivity contribution < 1.29 is 9.53 Å². The fraction of sp³-hybridized carbons (Fsp3) is 0.316. The number of hydrogen-bond donors (Lipinski definition) is 0. The van der Waals surface area contributed by atoms with Gasteiger partial charge in [0.25, 0.3) is 5.91 Å². The summed E-state index contributed by atoms with van der Waals surface area (Å²) >= 11 is 3.50. The van der Waals surface area contributed by atoms with Gasteiger partial charge in [-0.3, -0.25) is 4.79 Å². The largest absolute Gasteiger partial charge is 0.380 e. The van der Waals surface area contributed by atoms with Crippen molar-refractivity contribution in [2.75, 3.05) is 7.11 Å². The summed E-state index contributed by atoms with van der Waals surface area (Å²) in [6.45, 7) is 1.17. The van der Waals surface area contributed by atoms with Crippen LogP contribution in [0.2, 0.25) is 0 Å². The maximum Gasteiger partial charge on any atom is 0.254 e. The highest BCUT2D eigenvalue weighted by Crippen LogP contribution is 2.30. The molecule has 0 aromatic heterocycles. The van der Waals surface area contributed by atoms with Crippen LogP contribution in [0.25, 0.3) is 0 Å². The van der Waals surface area contributed by atoms with Gasteiger partial charge in [0.2, 0.25) is 0 Å². The van der Waals surface area contributed by atoms with Crippen molar-refractivity contribution in [2.45, 2.75) is 32.0 Å². The van der Waals surface area contributed by atoms with E-state index in [1.165, 1.54) is 0 Å². The molecule has 3 rings (SSSR count). The van der Waals surface area contributed by atoms with Crippen molar-refractivity contribution in [3.8, 4) is 0 Å². The highest BCUT2D eigenvalue weighted by molar-refractivity contribution is 9.10. The number of nitrogens with zero attached hydrogens (tertiary/aromatic N) is 1. The van der Waals surface area contributed by atoms with Crippen molar-refractivity contribution >= 4 is 21.8 Å². The summed E-state index contributed by atoms with van der Waals surface area (Å²) in [6.07, 6.45) is 2.19. The molecule has 1 aliphatic carbocycles. The first kappa shape index (κ1) is 16.2. The average Bonchev–Trinajstić information content (AvgIpc) is 3.37. The third kappa shape index (κ3) is 4.21. The van der Waals surface area contributed by atoms with E-state index in [0.717, 1.165) is 34.0 Å². The second-order valence-corrected chi connectivity index (χ2v) is 6.84. The molecule has 1 saturated carbocycles. The number of methoxy groups -OCH3 is 1. The first-order chi connectivity index (χ1) is 11.2. The van der Waals surface area contributed by atoms with Crippen molar-refractivity contribution in [3.63, 3.8) is 0 Å². The topological polar surface area (TPSA) is 29.5 Å². The first-order valence-corrected chi connectivity index (χ1v) is 8.60. The molecule has 0 saturated heterocycles. The van der Waals surface area contributed by atoms with Crippen molar-refractivity contribution in [1.82, 2.24) is 4.90 Å². The van der Waals surface area contributed by atoms with Crippen LogP contribution in [0, 0.1) is 0 Å². The maximum atomic E-state index is 12.9. The zero-order chi connectivity index (χ0) is 16.2. The number of ether oxygens (including phenoxy) is 1. The molecule has 0 atom stereocenters. The molecule has 0 heterocycles. The summed E-state index contributed by atoms with van der Waals surface area (Å²) in [6, 6.07) is 16.2. The third-order valence-corrected chi connectivity index (χ3v) is 4.47. The Bertz CT molecular complexity index is 697. The van der Waals surface area contributed by atoms with Gasteiger partial charge in [0.1, 0.15) is 0 Å². The zero-order valence-corrected chi connectivity index (χ0v) is 14.8. The lowest BCUT2D eigenvalue weighted by atomic mass is 10.1. The minimum Gasteiger partial charge on any atom is -0.380 e. The third-order valence-electron chi connectivity index (χ3n) is 3.98. The molecule has 2 aromatic carbocycles. The van der Waals surface area contributed by atoms with Gasteiger partial charge in [-0.2, -0.15) is 0 Å². The maximum absolute atomic E-state index is 12.9. The molecule has 120 valence electrons. The molecule has 1 fully saturated rings. The summed E-state index contributed by atoms with van der Waals surface area (Å²) in [7, 11) is 1.66. The fourth-order valence-corrected chi connectivity index (χ4v) is 3.16. The second kappa shape index (κ2) is 7.28. The lowest BCUT2D eigenvalue weighted by molar-refractivity contribution is 0.0729. The molecule has 0 N–H and O–H groups in total. The van der Waals surface area contributed by atoms with E-state index in [4.69, 9.17) is 4.74 Å². The number of hydrogen-bond acceptors (Lipinski definition) is 2. The molecule has 0 spiro atoms. The molecule has 0 radical (unpaired) electrons. The molecular formula is C19H20BrNO2. The van der Waals surface area contributed by atoms with E-state index < -0.39 is 0 Å². The average molecular weight is 374 g/mol. The van der Waals surface area contributed by atoms with E-state index >= 15 is 0 Å². The molecular weight excluding hydrogens is 354 g/mol. The summed E-state index contributed by atoms with van der Waals surface area (Å²) in [5.41, 5.74) is 2.91. The minimum atomic E-state index is 0.102. The van der Waals surface area contributed by atoms with Crippen LogP contribution in [-0.2, 0) is 17.9 Å². The Labute approximate surface area is 145 Å². The number of carbonyl (C=O) groups excluding carboxylic acids is 1. The summed E-state index contributed by atoms with van der Waals surface area (Å²) in [5, 5.41) is 0. The van der Waals surface area contributed by atoms with Gasteiger partial charge in [0, 0.05) is 29.7 Å². The highest BCUT2D eigenvalue weighted by atomic mass is 79.9. The Morgan fingerprint density at radius 1 is 1.17 bits per heavy atom. The lowest BCUT2D eigenvalue weighted by Gasteiger charge is -2.23. The van der Waals surface area contributed by atoms with Crippen molar-refractivity contribution in [2.24, 2.45) is 0 Å².